The van der Waals surface area contributed by atoms with E-state index in [2.05, 4.69) is 56.3 Å². The second kappa shape index (κ2) is 24.0. The van der Waals surface area contributed by atoms with Crippen LogP contribution in [0, 0.1) is 35.3 Å². The fourth-order valence-electron chi connectivity index (χ4n) is 4.34. The molecule has 20 heteroatoms. The summed E-state index contributed by atoms with van der Waals surface area (Å²) >= 11 is 0. The van der Waals surface area contributed by atoms with E-state index in [-0.39, 0.29) is 35.0 Å². The summed E-state index contributed by atoms with van der Waals surface area (Å²) in [4.78, 5) is 50.5. The number of aromatic nitrogens is 2. The maximum absolute atomic E-state index is 11.8. The van der Waals surface area contributed by atoms with Gasteiger partial charge in [-0.1, -0.05) is 41.5 Å². The summed E-state index contributed by atoms with van der Waals surface area (Å²) < 4.78 is 25.9. The molecule has 0 amide bonds. The molecule has 4 aromatic rings. The number of nitrogens with zero attached hydrogens (tertiary/aromatic N) is 2. The van der Waals surface area contributed by atoms with Gasteiger partial charge in [-0.2, -0.15) is 0 Å². The fourth-order valence-corrected chi connectivity index (χ4v) is 4.34. The molecule has 2 atom stereocenters. The van der Waals surface area contributed by atoms with Crippen LogP contribution < -0.4 is 61.0 Å². The predicted molar refractivity (Wildman–Crippen MR) is 198 cm³/mol. The number of benzene rings is 2. The van der Waals surface area contributed by atoms with Crippen molar-refractivity contribution in [1.82, 2.24) is 20.9 Å². The zero-order chi connectivity index (χ0) is 40.4. The minimum atomic E-state index is -1.04. The van der Waals surface area contributed by atoms with Crippen molar-refractivity contribution in [2.45, 2.75) is 53.6 Å². The number of hydrogen-bond acceptors (Lipinski definition) is 18. The molecule has 2 aromatic carbocycles. The van der Waals surface area contributed by atoms with E-state index in [0.29, 0.717) is 34.4 Å². The molecule has 302 valence electrons. The number of aliphatic carboxylic acids is 1. The number of nitrogens with one attached hydrogen (secondary N) is 4. The number of ether oxygens (including phenoxy) is 3. The van der Waals surface area contributed by atoms with Crippen LogP contribution in [0.3, 0.4) is 0 Å². The third-order valence-electron chi connectivity index (χ3n) is 7.19. The Morgan fingerprint density at radius 3 is 1.42 bits per heavy atom. The molecule has 0 unspecified atom stereocenters. The van der Waals surface area contributed by atoms with Gasteiger partial charge in [0.2, 0.25) is 0 Å². The van der Waals surface area contributed by atoms with Gasteiger partial charge in [-0.25, -0.2) is 20.9 Å². The first-order chi connectivity index (χ1) is 26.2. The van der Waals surface area contributed by atoms with Crippen LogP contribution in [-0.4, -0.2) is 65.9 Å². The van der Waals surface area contributed by atoms with Gasteiger partial charge in [-0.05, 0) is 35.1 Å². The first-order valence-corrected chi connectivity index (χ1v) is 16.3. The van der Waals surface area contributed by atoms with E-state index in [9.17, 15) is 9.59 Å². The Hall–Kier alpha value is -5.80. The normalized spacial score (nSPS) is 11.2. The number of carbonyl (C=O) groups excluding carboxylic acids is 1. The van der Waals surface area contributed by atoms with Crippen LogP contribution in [0.2, 0.25) is 0 Å². The quantitative estimate of drug-likeness (QED) is 0.0530. The van der Waals surface area contributed by atoms with E-state index in [1.807, 2.05) is 20.8 Å². The summed E-state index contributed by atoms with van der Waals surface area (Å²) in [6.07, 6.45) is 14.9. The van der Waals surface area contributed by atoms with Crippen molar-refractivity contribution in [3.05, 3.63) is 61.6 Å². The molecule has 0 aliphatic rings. The van der Waals surface area contributed by atoms with Gasteiger partial charge in [0.05, 0.1) is 56.2 Å². The SMILES string of the molecule is COC(=O)[C@@H](NOC#CONc1ccc(-c2cnco2)c(OC)c1)C(C)(C)C.COc1cc(NOC#CON[C@H](C(=O)O)C(C)(C)C)ccc1-c1cnco1.[Na+].[OH-]. The van der Waals surface area contributed by atoms with Gasteiger partial charge in [0.1, 0.15) is 23.6 Å². The van der Waals surface area contributed by atoms with Crippen LogP contribution in [-0.2, 0) is 33.7 Å². The standard InChI is InChI=1S/C19H23N3O6.C18H21N3O6.Na.H2O/c1-19(2,3)17(18(23)25-5)22-28-9-8-27-21-13-6-7-14(15(10-13)24-4)16-11-20-12-26-16;1-18(2,3)16(17(22)23)21-27-8-7-26-20-12-5-6-13(14(9-12)24-4)15-10-19-11-25-15;;/h6-7,10-12,17,21-22H,1-5H3;5-6,9-11,16,20-21H,1-4H3,(H,22,23);;1H2/q;;+1;/p-1/t17-;16-;;/m11../s1. The molecule has 57 heavy (non-hydrogen) atoms. The zero-order valence-electron chi connectivity index (χ0n) is 33.2. The summed E-state index contributed by atoms with van der Waals surface area (Å²) in [5, 5.41) is 9.14. The number of hydrogen-bond donors (Lipinski definition) is 5. The first kappa shape index (κ1) is 49.2. The van der Waals surface area contributed by atoms with Gasteiger partial charge in [-0.15, -0.1) is 11.0 Å². The number of anilines is 2. The molecular weight excluding hydrogens is 759 g/mol. The Kier molecular flexibility index (Phi) is 20.7. The van der Waals surface area contributed by atoms with Crippen LogP contribution in [0.5, 0.6) is 11.5 Å². The molecule has 4 rings (SSSR count). The summed E-state index contributed by atoms with van der Waals surface area (Å²) in [7, 11) is 4.39. The molecule has 6 N–H and O–H groups in total. The molecule has 19 nitrogen and oxygen atoms in total. The predicted octanol–water partition coefficient (Wildman–Crippen LogP) is 2.18. The van der Waals surface area contributed by atoms with Gasteiger partial charge in [0, 0.05) is 12.1 Å². The Morgan fingerprint density at radius 1 is 0.684 bits per heavy atom. The van der Waals surface area contributed by atoms with E-state index in [1.54, 1.807) is 76.7 Å². The molecule has 0 saturated carbocycles. The van der Waals surface area contributed by atoms with Crippen LogP contribution in [0.4, 0.5) is 11.4 Å². The largest absolute Gasteiger partial charge is 1.00 e. The minimum Gasteiger partial charge on any atom is -0.870 e. The van der Waals surface area contributed by atoms with Gasteiger partial charge < -0.3 is 53.0 Å². The maximum Gasteiger partial charge on any atom is 1.00 e. The average molecular weight is 805 g/mol. The second-order valence-electron chi connectivity index (χ2n) is 13.3. The maximum atomic E-state index is 11.8. The van der Waals surface area contributed by atoms with Gasteiger partial charge in [0.15, 0.2) is 48.7 Å². The van der Waals surface area contributed by atoms with Crippen molar-refractivity contribution in [3.63, 3.8) is 0 Å². The molecule has 0 saturated heterocycles. The molecule has 2 aromatic heterocycles. The molecule has 0 aliphatic heterocycles. The summed E-state index contributed by atoms with van der Waals surface area (Å²) in [5.74, 6) is 0.797. The van der Waals surface area contributed by atoms with E-state index >= 15 is 0 Å². The number of methoxy groups -OCH3 is 3. The Balaban J connectivity index is 0.000000551. The van der Waals surface area contributed by atoms with E-state index in [1.165, 1.54) is 27.0 Å². The molecule has 0 fully saturated rings. The summed E-state index contributed by atoms with van der Waals surface area (Å²) in [5.41, 5.74) is 11.9. The molecule has 0 aliphatic carbocycles. The van der Waals surface area contributed by atoms with E-state index < -0.39 is 34.9 Å². The van der Waals surface area contributed by atoms with Crippen molar-refractivity contribution in [2.24, 2.45) is 10.8 Å². The fraction of sp³-hybridized carbons (Fsp3) is 0.351. The van der Waals surface area contributed by atoms with Crippen molar-refractivity contribution in [3.8, 4) is 58.6 Å². The van der Waals surface area contributed by atoms with Crippen molar-refractivity contribution >= 4 is 23.3 Å². The van der Waals surface area contributed by atoms with Crippen molar-refractivity contribution < 1.29 is 92.1 Å². The first-order valence-electron chi connectivity index (χ1n) is 16.3. The minimum absolute atomic E-state index is 0. The van der Waals surface area contributed by atoms with Crippen LogP contribution in [0.15, 0.2) is 70.4 Å². The monoisotopic (exact) mass is 804 g/mol. The molecule has 0 spiro atoms. The smallest absolute Gasteiger partial charge is 0.870 e. The molecule has 0 bridgehead atoms. The zero-order valence-corrected chi connectivity index (χ0v) is 35.2. The number of oxazole rings is 2. The molecule has 0 radical (unpaired) electrons. The van der Waals surface area contributed by atoms with E-state index in [0.717, 1.165) is 11.1 Å². The summed E-state index contributed by atoms with van der Waals surface area (Å²) in [6, 6.07) is 8.86. The van der Waals surface area contributed by atoms with Gasteiger partial charge in [0.25, 0.3) is 0 Å². The number of esters is 1. The molecule has 2 heterocycles. The van der Waals surface area contributed by atoms with Crippen LogP contribution >= 0.6 is 0 Å². The summed E-state index contributed by atoms with van der Waals surface area (Å²) in [6.45, 7) is 10.9. The van der Waals surface area contributed by atoms with Gasteiger partial charge in [-0.3, -0.25) is 9.59 Å². The Labute approximate surface area is 351 Å². The third-order valence-corrected chi connectivity index (χ3v) is 7.19. The number of carbonyl (C=O) groups is 2. The van der Waals surface area contributed by atoms with Crippen LogP contribution in [0.25, 0.3) is 22.6 Å². The number of rotatable bonds is 14. The third kappa shape index (κ3) is 15.7. The Morgan fingerprint density at radius 2 is 1.09 bits per heavy atom. The van der Waals surface area contributed by atoms with E-state index in [4.69, 9.17) is 47.5 Å². The van der Waals surface area contributed by atoms with Crippen LogP contribution in [0.1, 0.15) is 41.5 Å². The average Bonchev–Trinajstić information content (AvgIpc) is 3.88. The van der Waals surface area contributed by atoms with Gasteiger partial charge >= 0.3 is 41.5 Å². The number of carboxylic acids is 1. The number of carboxylic acid groups (broad SMARTS) is 1. The second-order valence-corrected chi connectivity index (χ2v) is 13.3. The molecular formula is C37H45N6NaO13. The van der Waals surface area contributed by atoms with Crippen molar-refractivity contribution in [2.75, 3.05) is 32.3 Å². The topological polar surface area (TPSA) is 249 Å². The van der Waals surface area contributed by atoms with Crippen molar-refractivity contribution in [1.29, 1.82) is 0 Å². The number of hydroxylamine groups is 2. The Bertz CT molecular complexity index is 1940.